The Kier molecular flexibility index (Phi) is 1.76. The average Bonchev–Trinajstić information content (AvgIpc) is 2.77. The summed E-state index contributed by atoms with van der Waals surface area (Å²) >= 11 is 0. The largest absolute Gasteiger partial charge is 0.326 e. The van der Waals surface area contributed by atoms with E-state index in [-0.39, 0.29) is 18.0 Å². The number of imide groups is 1. The van der Waals surface area contributed by atoms with Gasteiger partial charge in [0.05, 0.1) is 6.17 Å². The van der Waals surface area contributed by atoms with E-state index in [1.807, 2.05) is 0 Å². The van der Waals surface area contributed by atoms with Crippen molar-refractivity contribution in [3.8, 4) is 0 Å². The molecular weight excluding hydrogens is 170 g/mol. The molecule has 2 fully saturated rings. The van der Waals surface area contributed by atoms with Crippen LogP contribution in [-0.4, -0.2) is 29.0 Å². The van der Waals surface area contributed by atoms with E-state index in [1.165, 1.54) is 4.90 Å². The fourth-order valence-corrected chi connectivity index (χ4v) is 1.79. The first kappa shape index (κ1) is 8.50. The zero-order valence-electron chi connectivity index (χ0n) is 7.49. The second kappa shape index (κ2) is 2.70. The number of nitrogens with one attached hydrogen (secondary N) is 1. The van der Waals surface area contributed by atoms with Gasteiger partial charge in [-0.25, -0.2) is 4.79 Å². The standard InChI is InChI=1S/C8H13N3O2/c1-4(9)11-6(5-2-3-5)7(12)10-8(11)13/h4-6H,2-3,9H2,1H3,(H,10,12,13)/t4-,6?/m0/s1. The SMILES string of the molecule is C[C@@H](N)N1C(=O)NC(=O)C1C1CC1. The summed E-state index contributed by atoms with van der Waals surface area (Å²) in [5.74, 6) is 0.141. The Morgan fingerprint density at radius 3 is 2.62 bits per heavy atom. The van der Waals surface area contributed by atoms with Crippen LogP contribution in [0.1, 0.15) is 19.8 Å². The third-order valence-corrected chi connectivity index (χ3v) is 2.54. The van der Waals surface area contributed by atoms with Crippen LogP contribution in [0.25, 0.3) is 0 Å². The summed E-state index contributed by atoms with van der Waals surface area (Å²) in [5, 5.41) is 2.29. The van der Waals surface area contributed by atoms with E-state index in [0.717, 1.165) is 12.8 Å². The lowest BCUT2D eigenvalue weighted by molar-refractivity contribution is -0.122. The maximum absolute atomic E-state index is 11.4. The van der Waals surface area contributed by atoms with Gasteiger partial charge in [0.25, 0.3) is 5.91 Å². The molecule has 1 unspecified atom stereocenters. The first-order valence-electron chi connectivity index (χ1n) is 4.50. The van der Waals surface area contributed by atoms with Crippen molar-refractivity contribution in [2.24, 2.45) is 11.7 Å². The molecule has 0 aromatic carbocycles. The molecule has 0 radical (unpaired) electrons. The van der Waals surface area contributed by atoms with Gasteiger partial charge in [-0.2, -0.15) is 0 Å². The number of carbonyl (C=O) groups is 2. The lowest BCUT2D eigenvalue weighted by Gasteiger charge is -2.24. The molecule has 1 saturated carbocycles. The smallest absolute Gasteiger partial charge is 0.311 e. The first-order chi connectivity index (χ1) is 6.11. The van der Waals surface area contributed by atoms with Gasteiger partial charge in [-0.3, -0.25) is 15.0 Å². The summed E-state index contributed by atoms with van der Waals surface area (Å²) < 4.78 is 0. The van der Waals surface area contributed by atoms with Gasteiger partial charge in [0.1, 0.15) is 6.04 Å². The zero-order valence-corrected chi connectivity index (χ0v) is 7.49. The highest BCUT2D eigenvalue weighted by Crippen LogP contribution is 2.37. The lowest BCUT2D eigenvalue weighted by atomic mass is 10.1. The van der Waals surface area contributed by atoms with Gasteiger partial charge in [-0.15, -0.1) is 0 Å². The Balaban J connectivity index is 2.20. The van der Waals surface area contributed by atoms with Crippen molar-refractivity contribution in [3.05, 3.63) is 0 Å². The average molecular weight is 183 g/mol. The minimum absolute atomic E-state index is 0.190. The normalized spacial score (nSPS) is 30.6. The van der Waals surface area contributed by atoms with Gasteiger partial charge in [-0.1, -0.05) is 0 Å². The number of amides is 3. The highest BCUT2D eigenvalue weighted by Gasteiger charge is 2.48. The van der Waals surface area contributed by atoms with Crippen molar-refractivity contribution in [2.75, 3.05) is 0 Å². The minimum Gasteiger partial charge on any atom is -0.311 e. The molecular formula is C8H13N3O2. The van der Waals surface area contributed by atoms with Gasteiger partial charge >= 0.3 is 6.03 Å². The summed E-state index contributed by atoms with van der Waals surface area (Å²) in [5.41, 5.74) is 5.62. The molecule has 72 valence electrons. The van der Waals surface area contributed by atoms with E-state index < -0.39 is 6.17 Å². The molecule has 3 N–H and O–H groups in total. The van der Waals surface area contributed by atoms with Crippen LogP contribution < -0.4 is 11.1 Å². The molecule has 0 bridgehead atoms. The fourth-order valence-electron chi connectivity index (χ4n) is 1.79. The quantitative estimate of drug-likeness (QED) is 0.573. The number of hydrogen-bond donors (Lipinski definition) is 2. The lowest BCUT2D eigenvalue weighted by Crippen LogP contribution is -2.47. The molecule has 2 atom stereocenters. The predicted octanol–water partition coefficient (Wildman–Crippen LogP) is -0.378. The molecule has 1 aliphatic heterocycles. The Labute approximate surface area is 76.3 Å². The number of urea groups is 1. The Bertz CT molecular complexity index is 242. The molecule has 1 aliphatic carbocycles. The van der Waals surface area contributed by atoms with Crippen LogP contribution in [0.2, 0.25) is 0 Å². The van der Waals surface area contributed by atoms with E-state index in [4.69, 9.17) is 5.73 Å². The molecule has 0 spiro atoms. The van der Waals surface area contributed by atoms with Gasteiger partial charge in [-0.05, 0) is 25.7 Å². The van der Waals surface area contributed by atoms with Gasteiger partial charge in [0.15, 0.2) is 0 Å². The highest BCUT2D eigenvalue weighted by molar-refractivity contribution is 6.04. The number of nitrogens with two attached hydrogens (primary N) is 1. The van der Waals surface area contributed by atoms with Gasteiger partial charge in [0.2, 0.25) is 0 Å². The van der Waals surface area contributed by atoms with Crippen LogP contribution in [0.3, 0.4) is 0 Å². The molecule has 2 rings (SSSR count). The summed E-state index contributed by atoms with van der Waals surface area (Å²) in [4.78, 5) is 24.1. The van der Waals surface area contributed by atoms with E-state index in [2.05, 4.69) is 5.32 Å². The third-order valence-electron chi connectivity index (χ3n) is 2.54. The summed E-state index contributed by atoms with van der Waals surface area (Å²) in [6.45, 7) is 1.72. The third kappa shape index (κ3) is 1.29. The molecule has 5 nitrogen and oxygen atoms in total. The number of rotatable bonds is 2. The van der Waals surface area contributed by atoms with E-state index >= 15 is 0 Å². The van der Waals surface area contributed by atoms with Crippen LogP contribution >= 0.6 is 0 Å². The van der Waals surface area contributed by atoms with Crippen molar-refractivity contribution >= 4 is 11.9 Å². The van der Waals surface area contributed by atoms with E-state index in [0.29, 0.717) is 5.92 Å². The van der Waals surface area contributed by atoms with E-state index in [9.17, 15) is 9.59 Å². The van der Waals surface area contributed by atoms with Crippen LogP contribution in [0.5, 0.6) is 0 Å². The molecule has 5 heteroatoms. The zero-order chi connectivity index (χ0) is 9.59. The van der Waals surface area contributed by atoms with Crippen molar-refractivity contribution in [3.63, 3.8) is 0 Å². The fraction of sp³-hybridized carbons (Fsp3) is 0.750. The van der Waals surface area contributed by atoms with Crippen LogP contribution in [0.4, 0.5) is 4.79 Å². The maximum atomic E-state index is 11.4. The Morgan fingerprint density at radius 2 is 2.15 bits per heavy atom. The molecule has 0 aromatic rings. The summed E-state index contributed by atoms with van der Waals surface area (Å²) in [6, 6.07) is -0.663. The van der Waals surface area contributed by atoms with Crippen molar-refractivity contribution < 1.29 is 9.59 Å². The van der Waals surface area contributed by atoms with Crippen LogP contribution in [0.15, 0.2) is 0 Å². The molecule has 1 heterocycles. The minimum atomic E-state index is -0.392. The number of carbonyl (C=O) groups excluding carboxylic acids is 2. The first-order valence-corrected chi connectivity index (χ1v) is 4.50. The Hall–Kier alpha value is -1.10. The summed E-state index contributed by atoms with van der Waals surface area (Å²) in [7, 11) is 0. The molecule has 2 aliphatic rings. The van der Waals surface area contributed by atoms with Crippen molar-refractivity contribution in [2.45, 2.75) is 32.0 Å². The highest BCUT2D eigenvalue weighted by atomic mass is 16.2. The molecule has 1 saturated heterocycles. The number of hydrogen-bond acceptors (Lipinski definition) is 3. The van der Waals surface area contributed by atoms with Gasteiger partial charge in [0, 0.05) is 0 Å². The predicted molar refractivity (Wildman–Crippen MR) is 45.5 cm³/mol. The molecule has 0 aromatic heterocycles. The molecule has 13 heavy (non-hydrogen) atoms. The van der Waals surface area contributed by atoms with Crippen molar-refractivity contribution in [1.82, 2.24) is 10.2 Å². The van der Waals surface area contributed by atoms with Crippen LogP contribution in [0, 0.1) is 5.92 Å². The van der Waals surface area contributed by atoms with Crippen LogP contribution in [-0.2, 0) is 4.79 Å². The monoisotopic (exact) mass is 183 g/mol. The number of nitrogens with zero attached hydrogens (tertiary/aromatic N) is 1. The molecule has 3 amide bonds. The van der Waals surface area contributed by atoms with E-state index in [1.54, 1.807) is 6.92 Å². The second-order valence-corrected chi connectivity index (χ2v) is 3.72. The van der Waals surface area contributed by atoms with Gasteiger partial charge < -0.3 is 5.73 Å². The second-order valence-electron chi connectivity index (χ2n) is 3.72. The topological polar surface area (TPSA) is 75.4 Å². The van der Waals surface area contributed by atoms with Crippen molar-refractivity contribution in [1.29, 1.82) is 0 Å². The maximum Gasteiger partial charge on any atom is 0.326 e. The Morgan fingerprint density at radius 1 is 1.54 bits per heavy atom. The summed E-state index contributed by atoms with van der Waals surface area (Å²) in [6.07, 6.45) is 1.65.